The van der Waals surface area contributed by atoms with Crippen LogP contribution < -0.4 is 9.47 Å². The maximum Gasteiger partial charge on any atom is 0.231 e. The van der Waals surface area contributed by atoms with Crippen LogP contribution in [0.15, 0.2) is 65.7 Å². The number of benzene rings is 3. The molecule has 102 valence electrons. The molecule has 0 N–H and O–H groups in total. The molecule has 0 aliphatic carbocycles. The summed E-state index contributed by atoms with van der Waals surface area (Å²) < 4.78 is 10.7. The molecule has 1 aliphatic rings. The first-order valence-corrected chi connectivity index (χ1v) is 6.82. The number of aliphatic imine (C=N–C) groups is 1. The van der Waals surface area contributed by atoms with Crippen LogP contribution in [0.3, 0.4) is 0 Å². The van der Waals surface area contributed by atoms with Gasteiger partial charge in [-0.25, -0.2) is 0 Å². The molecule has 0 amide bonds. The number of ether oxygens (including phenoxy) is 2. The maximum atomic E-state index is 5.38. The molecule has 3 heteroatoms. The molecule has 0 fully saturated rings. The SMILES string of the molecule is C(=Nc1cccc2ccccc12)c1ccc2c(c1)OCO2. The molecule has 0 spiro atoms. The zero-order chi connectivity index (χ0) is 14.1. The van der Waals surface area contributed by atoms with Gasteiger partial charge >= 0.3 is 0 Å². The van der Waals surface area contributed by atoms with Crippen LogP contribution in [0.5, 0.6) is 11.5 Å². The Morgan fingerprint density at radius 3 is 2.71 bits per heavy atom. The molecule has 0 saturated carbocycles. The highest BCUT2D eigenvalue weighted by atomic mass is 16.7. The third-order valence-electron chi connectivity index (χ3n) is 3.52. The second-order valence-corrected chi connectivity index (χ2v) is 4.87. The van der Waals surface area contributed by atoms with Crippen LogP contribution in [0.25, 0.3) is 10.8 Å². The highest BCUT2D eigenvalue weighted by Gasteiger charge is 2.12. The van der Waals surface area contributed by atoms with Crippen LogP contribution in [0, 0.1) is 0 Å². The van der Waals surface area contributed by atoms with E-state index in [1.807, 2.05) is 48.7 Å². The number of hydrogen-bond acceptors (Lipinski definition) is 3. The summed E-state index contributed by atoms with van der Waals surface area (Å²) in [5.41, 5.74) is 1.96. The van der Waals surface area contributed by atoms with E-state index in [0.29, 0.717) is 6.79 Å². The van der Waals surface area contributed by atoms with Gasteiger partial charge in [0.1, 0.15) is 0 Å². The molecule has 0 bridgehead atoms. The van der Waals surface area contributed by atoms with E-state index in [2.05, 4.69) is 23.2 Å². The van der Waals surface area contributed by atoms with Gasteiger partial charge in [0.05, 0.1) is 5.69 Å². The van der Waals surface area contributed by atoms with Crippen molar-refractivity contribution < 1.29 is 9.47 Å². The van der Waals surface area contributed by atoms with Crippen molar-refractivity contribution in [1.82, 2.24) is 0 Å². The summed E-state index contributed by atoms with van der Waals surface area (Å²) in [6.45, 7) is 0.291. The van der Waals surface area contributed by atoms with Crippen molar-refractivity contribution in [1.29, 1.82) is 0 Å². The van der Waals surface area contributed by atoms with Gasteiger partial charge in [0.2, 0.25) is 6.79 Å². The molecule has 3 aromatic rings. The highest BCUT2D eigenvalue weighted by molar-refractivity contribution is 5.95. The predicted molar refractivity (Wildman–Crippen MR) is 83.8 cm³/mol. The lowest BCUT2D eigenvalue weighted by atomic mass is 10.1. The maximum absolute atomic E-state index is 5.38. The molecule has 0 saturated heterocycles. The molecule has 4 rings (SSSR count). The molecule has 0 aromatic heterocycles. The minimum Gasteiger partial charge on any atom is -0.454 e. The largest absolute Gasteiger partial charge is 0.454 e. The van der Waals surface area contributed by atoms with Crippen molar-refractivity contribution in [2.75, 3.05) is 6.79 Å². The zero-order valence-electron chi connectivity index (χ0n) is 11.3. The number of nitrogens with zero attached hydrogens (tertiary/aromatic N) is 1. The first kappa shape index (κ1) is 12.0. The van der Waals surface area contributed by atoms with Crippen molar-refractivity contribution in [3.63, 3.8) is 0 Å². The lowest BCUT2D eigenvalue weighted by Gasteiger charge is -2.01. The molecule has 0 radical (unpaired) electrons. The first-order chi connectivity index (χ1) is 10.4. The summed E-state index contributed by atoms with van der Waals surface area (Å²) in [5.74, 6) is 1.56. The fourth-order valence-corrected chi connectivity index (χ4v) is 2.46. The average Bonchev–Trinajstić information content (AvgIpc) is 3.00. The second kappa shape index (κ2) is 4.94. The van der Waals surface area contributed by atoms with Crippen molar-refractivity contribution in [2.45, 2.75) is 0 Å². The van der Waals surface area contributed by atoms with Crippen molar-refractivity contribution in [2.24, 2.45) is 4.99 Å². The van der Waals surface area contributed by atoms with E-state index >= 15 is 0 Å². The van der Waals surface area contributed by atoms with Gasteiger partial charge in [0, 0.05) is 11.6 Å². The zero-order valence-corrected chi connectivity index (χ0v) is 11.3. The summed E-state index contributed by atoms with van der Waals surface area (Å²) >= 11 is 0. The predicted octanol–water partition coefficient (Wildman–Crippen LogP) is 4.32. The molecular formula is C18H13NO2. The fourth-order valence-electron chi connectivity index (χ4n) is 2.46. The summed E-state index contributed by atoms with van der Waals surface area (Å²) in [6, 6.07) is 20.2. The van der Waals surface area contributed by atoms with Gasteiger partial charge in [-0.15, -0.1) is 0 Å². The van der Waals surface area contributed by atoms with Crippen LogP contribution in [0.2, 0.25) is 0 Å². The van der Waals surface area contributed by atoms with Crippen LogP contribution in [-0.2, 0) is 0 Å². The van der Waals surface area contributed by atoms with Crippen LogP contribution in [-0.4, -0.2) is 13.0 Å². The Kier molecular flexibility index (Phi) is 2.82. The minimum atomic E-state index is 0.291. The van der Waals surface area contributed by atoms with E-state index in [0.717, 1.165) is 28.1 Å². The molecular weight excluding hydrogens is 262 g/mol. The number of hydrogen-bond donors (Lipinski definition) is 0. The highest BCUT2D eigenvalue weighted by Crippen LogP contribution is 2.32. The Balaban J connectivity index is 1.71. The fraction of sp³-hybridized carbons (Fsp3) is 0.0556. The Morgan fingerprint density at radius 1 is 0.857 bits per heavy atom. The molecule has 1 heterocycles. The smallest absolute Gasteiger partial charge is 0.231 e. The number of rotatable bonds is 2. The Hall–Kier alpha value is -2.81. The Morgan fingerprint density at radius 2 is 1.71 bits per heavy atom. The third kappa shape index (κ3) is 2.23. The Bertz CT molecular complexity index is 834. The van der Waals surface area contributed by atoms with Gasteiger partial charge in [-0.2, -0.15) is 0 Å². The number of fused-ring (bicyclic) bond motifs is 2. The lowest BCUT2D eigenvalue weighted by molar-refractivity contribution is 0.174. The monoisotopic (exact) mass is 275 g/mol. The van der Waals surface area contributed by atoms with Gasteiger partial charge in [-0.1, -0.05) is 36.4 Å². The van der Waals surface area contributed by atoms with Gasteiger partial charge in [0.25, 0.3) is 0 Å². The summed E-state index contributed by atoms with van der Waals surface area (Å²) in [7, 11) is 0. The van der Waals surface area contributed by atoms with Crippen LogP contribution in [0.1, 0.15) is 5.56 Å². The van der Waals surface area contributed by atoms with Gasteiger partial charge < -0.3 is 9.47 Å². The average molecular weight is 275 g/mol. The van der Waals surface area contributed by atoms with Crippen molar-refractivity contribution >= 4 is 22.7 Å². The van der Waals surface area contributed by atoms with Crippen LogP contribution in [0.4, 0.5) is 5.69 Å². The molecule has 3 nitrogen and oxygen atoms in total. The van der Waals surface area contributed by atoms with E-state index < -0.39 is 0 Å². The van der Waals surface area contributed by atoms with E-state index in [-0.39, 0.29) is 0 Å². The molecule has 0 atom stereocenters. The second-order valence-electron chi connectivity index (χ2n) is 4.87. The molecule has 3 aromatic carbocycles. The van der Waals surface area contributed by atoms with E-state index in [9.17, 15) is 0 Å². The molecule has 1 aliphatic heterocycles. The summed E-state index contributed by atoms with van der Waals surface area (Å²) in [5, 5.41) is 2.34. The summed E-state index contributed by atoms with van der Waals surface area (Å²) in [6.07, 6.45) is 1.85. The topological polar surface area (TPSA) is 30.8 Å². The minimum absolute atomic E-state index is 0.291. The van der Waals surface area contributed by atoms with E-state index in [1.165, 1.54) is 5.39 Å². The third-order valence-corrected chi connectivity index (χ3v) is 3.52. The standard InChI is InChI=1S/C18H13NO2/c1-2-6-15-14(4-1)5-3-7-16(15)19-11-13-8-9-17-18(10-13)21-12-20-17/h1-11H,12H2. The van der Waals surface area contributed by atoms with E-state index in [4.69, 9.17) is 9.47 Å². The first-order valence-electron chi connectivity index (χ1n) is 6.82. The normalized spacial score (nSPS) is 13.1. The van der Waals surface area contributed by atoms with Crippen molar-refractivity contribution in [3.8, 4) is 11.5 Å². The van der Waals surface area contributed by atoms with Crippen LogP contribution >= 0.6 is 0 Å². The molecule has 21 heavy (non-hydrogen) atoms. The summed E-state index contributed by atoms with van der Waals surface area (Å²) in [4.78, 5) is 4.61. The van der Waals surface area contributed by atoms with Gasteiger partial charge in [0.15, 0.2) is 11.5 Å². The quantitative estimate of drug-likeness (QED) is 0.652. The lowest BCUT2D eigenvalue weighted by Crippen LogP contribution is -1.92. The van der Waals surface area contributed by atoms with Crippen molar-refractivity contribution in [3.05, 3.63) is 66.2 Å². The van der Waals surface area contributed by atoms with E-state index in [1.54, 1.807) is 0 Å². The molecule has 0 unspecified atom stereocenters. The van der Waals surface area contributed by atoms with Gasteiger partial charge in [-0.3, -0.25) is 4.99 Å². The van der Waals surface area contributed by atoms with Gasteiger partial charge in [-0.05, 0) is 35.2 Å². The Labute approximate surface area is 122 Å².